The van der Waals surface area contributed by atoms with Gasteiger partial charge in [0.25, 0.3) is 0 Å². The number of pyridine rings is 1. The number of hydrogen-bond acceptors (Lipinski definition) is 4. The van der Waals surface area contributed by atoms with E-state index in [4.69, 9.17) is 5.10 Å². The van der Waals surface area contributed by atoms with Gasteiger partial charge in [0.2, 0.25) is 0 Å². The molecule has 1 fully saturated rings. The molecule has 4 nitrogen and oxygen atoms in total. The topological polar surface area (TPSA) is 31.7 Å². The molecule has 0 N–H and O–H groups in total. The molecule has 0 spiro atoms. The molecule has 1 aromatic carbocycles. The standard InChI is InChI=1S/C17H19BrN4/c1-14(15-5-7-16(18)8-6-15)20-22-12-10-21(11-13-22)17-4-2-3-9-19-17/h2-9H,10-13H2,1H3. The number of aromatic nitrogens is 1. The van der Waals surface area contributed by atoms with Crippen molar-refractivity contribution in [2.45, 2.75) is 6.92 Å². The van der Waals surface area contributed by atoms with Crippen molar-refractivity contribution in [2.24, 2.45) is 5.10 Å². The van der Waals surface area contributed by atoms with Crippen molar-refractivity contribution in [3.05, 3.63) is 58.7 Å². The summed E-state index contributed by atoms with van der Waals surface area (Å²) in [6.07, 6.45) is 1.84. The smallest absolute Gasteiger partial charge is 0.128 e. The van der Waals surface area contributed by atoms with E-state index in [0.29, 0.717) is 0 Å². The van der Waals surface area contributed by atoms with Gasteiger partial charge in [-0.25, -0.2) is 4.98 Å². The highest BCUT2D eigenvalue weighted by molar-refractivity contribution is 9.10. The summed E-state index contributed by atoms with van der Waals surface area (Å²) in [5.41, 5.74) is 2.22. The third-order valence-electron chi connectivity index (χ3n) is 3.78. The van der Waals surface area contributed by atoms with Crippen LogP contribution in [0.2, 0.25) is 0 Å². The molecular formula is C17H19BrN4. The van der Waals surface area contributed by atoms with E-state index in [9.17, 15) is 0 Å². The van der Waals surface area contributed by atoms with Gasteiger partial charge < -0.3 is 4.90 Å². The monoisotopic (exact) mass is 358 g/mol. The van der Waals surface area contributed by atoms with E-state index in [1.54, 1.807) is 0 Å². The zero-order chi connectivity index (χ0) is 15.4. The van der Waals surface area contributed by atoms with Crippen LogP contribution in [0.3, 0.4) is 0 Å². The van der Waals surface area contributed by atoms with Gasteiger partial charge in [0, 0.05) is 23.8 Å². The van der Waals surface area contributed by atoms with Gasteiger partial charge in [0.15, 0.2) is 0 Å². The minimum absolute atomic E-state index is 0.921. The van der Waals surface area contributed by atoms with E-state index >= 15 is 0 Å². The van der Waals surface area contributed by atoms with E-state index in [-0.39, 0.29) is 0 Å². The molecule has 2 heterocycles. The third kappa shape index (κ3) is 3.65. The van der Waals surface area contributed by atoms with E-state index < -0.39 is 0 Å². The molecule has 0 bridgehead atoms. The zero-order valence-electron chi connectivity index (χ0n) is 12.6. The summed E-state index contributed by atoms with van der Waals surface area (Å²) in [7, 11) is 0. The average Bonchev–Trinajstić information content (AvgIpc) is 2.57. The molecule has 1 saturated heterocycles. The maximum atomic E-state index is 4.75. The lowest BCUT2D eigenvalue weighted by atomic mass is 10.1. The highest BCUT2D eigenvalue weighted by atomic mass is 79.9. The van der Waals surface area contributed by atoms with E-state index in [0.717, 1.165) is 47.7 Å². The van der Waals surface area contributed by atoms with Crippen molar-refractivity contribution in [3.8, 4) is 0 Å². The summed E-state index contributed by atoms with van der Waals surface area (Å²) in [5, 5.41) is 6.90. The number of piperazine rings is 1. The Hall–Kier alpha value is -1.88. The Morgan fingerprint density at radius 1 is 1.05 bits per heavy atom. The molecule has 1 aromatic heterocycles. The van der Waals surface area contributed by atoms with Crippen molar-refractivity contribution in [1.82, 2.24) is 9.99 Å². The van der Waals surface area contributed by atoms with Gasteiger partial charge >= 0.3 is 0 Å². The Kier molecular flexibility index (Phi) is 4.73. The Morgan fingerprint density at radius 2 is 1.77 bits per heavy atom. The fourth-order valence-electron chi connectivity index (χ4n) is 2.53. The van der Waals surface area contributed by atoms with Crippen molar-refractivity contribution in [3.63, 3.8) is 0 Å². The molecule has 0 atom stereocenters. The molecule has 2 aromatic rings. The number of nitrogens with zero attached hydrogens (tertiary/aromatic N) is 4. The molecule has 0 amide bonds. The first-order valence-electron chi connectivity index (χ1n) is 7.44. The van der Waals surface area contributed by atoms with Gasteiger partial charge in [-0.2, -0.15) is 5.10 Å². The number of hydrogen-bond donors (Lipinski definition) is 0. The summed E-state index contributed by atoms with van der Waals surface area (Å²) in [5.74, 6) is 1.05. The fraction of sp³-hybridized carbons (Fsp3) is 0.294. The first kappa shape index (κ1) is 15.0. The minimum atomic E-state index is 0.921. The highest BCUT2D eigenvalue weighted by Gasteiger charge is 2.16. The van der Waals surface area contributed by atoms with Crippen LogP contribution in [0, 0.1) is 0 Å². The zero-order valence-corrected chi connectivity index (χ0v) is 14.2. The van der Waals surface area contributed by atoms with E-state index in [1.165, 1.54) is 0 Å². The van der Waals surface area contributed by atoms with Gasteiger partial charge in [-0.15, -0.1) is 0 Å². The van der Waals surface area contributed by atoms with Crippen molar-refractivity contribution < 1.29 is 0 Å². The number of hydrazone groups is 1. The summed E-state index contributed by atoms with van der Waals surface area (Å²) >= 11 is 3.46. The molecular weight excluding hydrogens is 340 g/mol. The van der Waals surface area contributed by atoms with Gasteiger partial charge in [0.05, 0.1) is 18.8 Å². The number of halogens is 1. The lowest BCUT2D eigenvalue weighted by molar-refractivity contribution is 0.270. The summed E-state index contributed by atoms with van der Waals surface area (Å²) in [6.45, 7) is 5.81. The number of anilines is 1. The summed E-state index contributed by atoms with van der Waals surface area (Å²) in [6, 6.07) is 14.3. The Morgan fingerprint density at radius 3 is 2.41 bits per heavy atom. The van der Waals surface area contributed by atoms with Crippen molar-refractivity contribution in [2.75, 3.05) is 31.1 Å². The van der Waals surface area contributed by atoms with Gasteiger partial charge in [-0.05, 0) is 36.8 Å². The second-order valence-electron chi connectivity index (χ2n) is 5.32. The predicted octanol–water partition coefficient (Wildman–Crippen LogP) is 3.39. The van der Waals surface area contributed by atoms with Crippen LogP contribution >= 0.6 is 15.9 Å². The third-order valence-corrected chi connectivity index (χ3v) is 4.31. The number of rotatable bonds is 3. The van der Waals surface area contributed by atoms with Crippen LogP contribution in [0.1, 0.15) is 12.5 Å². The molecule has 1 aliphatic rings. The summed E-state index contributed by atoms with van der Waals surface area (Å²) in [4.78, 5) is 6.72. The van der Waals surface area contributed by atoms with Crippen LogP contribution in [0.25, 0.3) is 0 Å². The van der Waals surface area contributed by atoms with Crippen LogP contribution < -0.4 is 4.90 Å². The lowest BCUT2D eigenvalue weighted by Gasteiger charge is -2.34. The first-order valence-corrected chi connectivity index (χ1v) is 8.24. The molecule has 3 rings (SSSR count). The molecule has 1 aliphatic heterocycles. The van der Waals surface area contributed by atoms with E-state index in [2.05, 4.69) is 55.9 Å². The molecule has 114 valence electrons. The SMILES string of the molecule is CC(=NN1CCN(c2ccccn2)CC1)c1ccc(Br)cc1. The predicted molar refractivity (Wildman–Crippen MR) is 94.4 cm³/mol. The van der Waals surface area contributed by atoms with E-state index in [1.807, 2.05) is 30.5 Å². The van der Waals surface area contributed by atoms with Crippen LogP contribution in [0.15, 0.2) is 58.2 Å². The second kappa shape index (κ2) is 6.92. The molecule has 0 radical (unpaired) electrons. The van der Waals surface area contributed by atoms with Gasteiger partial charge in [0.1, 0.15) is 5.82 Å². The van der Waals surface area contributed by atoms with Crippen LogP contribution in [0.5, 0.6) is 0 Å². The highest BCUT2D eigenvalue weighted by Crippen LogP contribution is 2.14. The molecule has 0 unspecified atom stereocenters. The normalized spacial score (nSPS) is 16.0. The van der Waals surface area contributed by atoms with Gasteiger partial charge in [-0.3, -0.25) is 5.01 Å². The quantitative estimate of drug-likeness (QED) is 0.788. The average molecular weight is 359 g/mol. The first-order chi connectivity index (χ1) is 10.7. The van der Waals surface area contributed by atoms with Crippen LogP contribution in [0.4, 0.5) is 5.82 Å². The Bertz CT molecular complexity index is 631. The maximum Gasteiger partial charge on any atom is 0.128 e. The molecule has 0 aliphatic carbocycles. The second-order valence-corrected chi connectivity index (χ2v) is 6.24. The maximum absolute atomic E-state index is 4.75. The van der Waals surface area contributed by atoms with Gasteiger partial charge in [-0.1, -0.05) is 34.1 Å². The Balaban J connectivity index is 1.61. The minimum Gasteiger partial charge on any atom is -0.353 e. The largest absolute Gasteiger partial charge is 0.353 e. The fourth-order valence-corrected chi connectivity index (χ4v) is 2.79. The summed E-state index contributed by atoms with van der Waals surface area (Å²) < 4.78 is 1.09. The molecule has 0 saturated carbocycles. The van der Waals surface area contributed by atoms with Crippen molar-refractivity contribution in [1.29, 1.82) is 0 Å². The van der Waals surface area contributed by atoms with Crippen LogP contribution in [-0.2, 0) is 0 Å². The number of benzene rings is 1. The molecule has 22 heavy (non-hydrogen) atoms. The molecule has 5 heteroatoms. The van der Waals surface area contributed by atoms with Crippen LogP contribution in [-0.4, -0.2) is 41.9 Å². The van der Waals surface area contributed by atoms with Crippen molar-refractivity contribution >= 4 is 27.5 Å². The lowest BCUT2D eigenvalue weighted by Crippen LogP contribution is -2.44. The Labute approximate surface area is 139 Å².